The van der Waals surface area contributed by atoms with Crippen molar-refractivity contribution >= 4 is 28.6 Å². The molecule has 14 heavy (non-hydrogen) atoms. The highest BCUT2D eigenvalue weighted by Gasteiger charge is 2.01. The van der Waals surface area contributed by atoms with Crippen LogP contribution < -0.4 is 0 Å². The molecule has 1 aromatic rings. The second-order valence-electron chi connectivity index (χ2n) is 3.22. The molecule has 0 aliphatic carbocycles. The minimum Gasteiger partial charge on any atom is -0.481 e. The van der Waals surface area contributed by atoms with Gasteiger partial charge in [-0.15, -0.1) is 0 Å². The number of rotatable bonds is 5. The normalized spacial score (nSPS) is 10.4. The van der Waals surface area contributed by atoms with Crippen molar-refractivity contribution in [3.63, 3.8) is 0 Å². The number of hydrogen-bond acceptors (Lipinski definition) is 2. The number of aromatic nitrogens is 2. The van der Waals surface area contributed by atoms with Gasteiger partial charge in [0, 0.05) is 24.7 Å². The predicted octanol–water partition coefficient (Wildman–Crippen LogP) is 2.05. The van der Waals surface area contributed by atoms with E-state index in [0.717, 1.165) is 16.7 Å². The fraction of sp³-hybridized carbons (Fsp3) is 0.556. The van der Waals surface area contributed by atoms with Gasteiger partial charge in [0.05, 0.1) is 0 Å². The Balaban J connectivity index is 2.28. The van der Waals surface area contributed by atoms with Crippen molar-refractivity contribution in [1.29, 1.82) is 0 Å². The molecular formula is C9H13IN2O2. The number of carboxylic acid groups (broad SMARTS) is 1. The van der Waals surface area contributed by atoms with Crippen LogP contribution in [0.25, 0.3) is 0 Å². The first kappa shape index (κ1) is 11.5. The lowest BCUT2D eigenvalue weighted by Gasteiger charge is -1.99. The highest BCUT2D eigenvalue weighted by atomic mass is 127. The minimum atomic E-state index is -0.726. The van der Waals surface area contributed by atoms with Gasteiger partial charge in [0.25, 0.3) is 0 Å². The van der Waals surface area contributed by atoms with E-state index in [1.807, 2.05) is 17.8 Å². The molecule has 0 spiro atoms. The van der Waals surface area contributed by atoms with Crippen molar-refractivity contribution in [3.05, 3.63) is 15.5 Å². The van der Waals surface area contributed by atoms with Gasteiger partial charge in [-0.25, -0.2) is 0 Å². The number of carboxylic acids is 1. The van der Waals surface area contributed by atoms with E-state index < -0.39 is 5.97 Å². The Morgan fingerprint density at radius 3 is 2.86 bits per heavy atom. The number of hydrogen-bond donors (Lipinski definition) is 1. The molecule has 5 heteroatoms. The molecule has 0 aromatic carbocycles. The fourth-order valence-electron chi connectivity index (χ4n) is 1.16. The summed E-state index contributed by atoms with van der Waals surface area (Å²) in [7, 11) is 0. The van der Waals surface area contributed by atoms with E-state index in [-0.39, 0.29) is 6.42 Å². The number of unbranched alkanes of at least 4 members (excludes halogenated alkanes) is 1. The van der Waals surface area contributed by atoms with Gasteiger partial charge in [0.15, 0.2) is 0 Å². The van der Waals surface area contributed by atoms with Gasteiger partial charge in [-0.05, 0) is 42.4 Å². The molecule has 0 bridgehead atoms. The summed E-state index contributed by atoms with van der Waals surface area (Å²) in [6, 6.07) is 0. The molecule has 0 saturated carbocycles. The molecule has 1 rings (SSSR count). The Kier molecular flexibility index (Phi) is 4.37. The van der Waals surface area contributed by atoms with E-state index in [1.54, 1.807) is 0 Å². The van der Waals surface area contributed by atoms with Crippen LogP contribution in [0.3, 0.4) is 0 Å². The Hall–Kier alpha value is -0.590. The van der Waals surface area contributed by atoms with Gasteiger partial charge in [-0.3, -0.25) is 9.48 Å². The van der Waals surface area contributed by atoms with E-state index in [2.05, 4.69) is 27.7 Å². The quantitative estimate of drug-likeness (QED) is 0.669. The molecule has 0 unspecified atom stereocenters. The summed E-state index contributed by atoms with van der Waals surface area (Å²) in [5.74, 6) is -0.726. The van der Waals surface area contributed by atoms with E-state index in [9.17, 15) is 4.79 Å². The Morgan fingerprint density at radius 2 is 2.36 bits per heavy atom. The van der Waals surface area contributed by atoms with Gasteiger partial charge < -0.3 is 5.11 Å². The van der Waals surface area contributed by atoms with Crippen molar-refractivity contribution in [3.8, 4) is 0 Å². The summed E-state index contributed by atoms with van der Waals surface area (Å²) >= 11 is 2.19. The molecular weight excluding hydrogens is 295 g/mol. The standard InChI is InChI=1S/C9H13IN2O2/c1-7-6-12(11-9(7)10)5-3-2-4-8(13)14/h6H,2-5H2,1H3,(H,13,14). The number of aryl methyl sites for hydroxylation is 2. The summed E-state index contributed by atoms with van der Waals surface area (Å²) in [6.45, 7) is 2.82. The van der Waals surface area contributed by atoms with E-state index >= 15 is 0 Å². The largest absolute Gasteiger partial charge is 0.481 e. The molecule has 1 N–H and O–H groups in total. The van der Waals surface area contributed by atoms with Crippen LogP contribution in [0.1, 0.15) is 24.8 Å². The smallest absolute Gasteiger partial charge is 0.303 e. The first-order valence-corrected chi connectivity index (χ1v) is 5.59. The zero-order valence-corrected chi connectivity index (χ0v) is 10.2. The summed E-state index contributed by atoms with van der Waals surface area (Å²) in [5.41, 5.74) is 1.17. The highest BCUT2D eigenvalue weighted by molar-refractivity contribution is 14.1. The number of nitrogens with zero attached hydrogens (tertiary/aromatic N) is 2. The fourth-order valence-corrected chi connectivity index (χ4v) is 1.58. The molecule has 0 radical (unpaired) electrons. The maximum atomic E-state index is 10.2. The average molecular weight is 308 g/mol. The summed E-state index contributed by atoms with van der Waals surface area (Å²) in [6.07, 6.45) is 3.81. The molecule has 78 valence electrons. The molecule has 0 amide bonds. The summed E-state index contributed by atoms with van der Waals surface area (Å²) < 4.78 is 2.89. The third-order valence-electron chi connectivity index (χ3n) is 1.91. The Bertz CT molecular complexity index is 303. The third kappa shape index (κ3) is 3.65. The Morgan fingerprint density at radius 1 is 1.64 bits per heavy atom. The molecule has 0 saturated heterocycles. The van der Waals surface area contributed by atoms with E-state index in [1.165, 1.54) is 5.56 Å². The van der Waals surface area contributed by atoms with E-state index in [0.29, 0.717) is 6.42 Å². The van der Waals surface area contributed by atoms with E-state index in [4.69, 9.17) is 5.11 Å². The second kappa shape index (κ2) is 5.33. The molecule has 4 nitrogen and oxygen atoms in total. The molecule has 1 heterocycles. The van der Waals surface area contributed by atoms with Crippen LogP contribution >= 0.6 is 22.6 Å². The first-order valence-electron chi connectivity index (χ1n) is 4.51. The van der Waals surface area contributed by atoms with Crippen molar-refractivity contribution in [2.24, 2.45) is 0 Å². The maximum absolute atomic E-state index is 10.2. The molecule has 0 atom stereocenters. The van der Waals surface area contributed by atoms with Gasteiger partial charge in [0.1, 0.15) is 3.70 Å². The van der Waals surface area contributed by atoms with Gasteiger partial charge in [-0.1, -0.05) is 0 Å². The lowest BCUT2D eigenvalue weighted by molar-refractivity contribution is -0.137. The summed E-state index contributed by atoms with van der Waals surface area (Å²) in [5, 5.41) is 12.7. The van der Waals surface area contributed by atoms with Gasteiger partial charge in [-0.2, -0.15) is 5.10 Å². The van der Waals surface area contributed by atoms with Crippen LogP contribution in [0.15, 0.2) is 6.20 Å². The first-order chi connectivity index (χ1) is 6.59. The highest BCUT2D eigenvalue weighted by Crippen LogP contribution is 2.08. The minimum absolute atomic E-state index is 0.247. The van der Waals surface area contributed by atoms with Crippen LogP contribution in [0.2, 0.25) is 0 Å². The molecule has 0 fully saturated rings. The monoisotopic (exact) mass is 308 g/mol. The number of halogens is 1. The van der Waals surface area contributed by atoms with Crippen LogP contribution in [-0.2, 0) is 11.3 Å². The van der Waals surface area contributed by atoms with Crippen molar-refractivity contribution in [2.75, 3.05) is 0 Å². The molecule has 1 aromatic heterocycles. The van der Waals surface area contributed by atoms with Crippen molar-refractivity contribution < 1.29 is 9.90 Å². The van der Waals surface area contributed by atoms with Crippen LogP contribution in [-0.4, -0.2) is 20.9 Å². The zero-order valence-electron chi connectivity index (χ0n) is 8.03. The average Bonchev–Trinajstić information content (AvgIpc) is 2.40. The lowest BCUT2D eigenvalue weighted by Crippen LogP contribution is -2.00. The third-order valence-corrected chi connectivity index (χ3v) is 2.98. The lowest BCUT2D eigenvalue weighted by atomic mass is 10.2. The predicted molar refractivity (Wildman–Crippen MR) is 61.2 cm³/mol. The summed E-state index contributed by atoms with van der Waals surface area (Å²) in [4.78, 5) is 10.2. The molecule has 0 aliphatic rings. The Labute approximate surface area is 96.4 Å². The van der Waals surface area contributed by atoms with Crippen LogP contribution in [0.4, 0.5) is 0 Å². The molecule has 0 aliphatic heterocycles. The van der Waals surface area contributed by atoms with Crippen molar-refractivity contribution in [2.45, 2.75) is 32.7 Å². The zero-order chi connectivity index (χ0) is 10.6. The second-order valence-corrected chi connectivity index (χ2v) is 4.24. The van der Waals surface area contributed by atoms with Crippen LogP contribution in [0, 0.1) is 10.6 Å². The topological polar surface area (TPSA) is 55.1 Å². The SMILES string of the molecule is Cc1cn(CCCCC(=O)O)nc1I. The van der Waals surface area contributed by atoms with Crippen molar-refractivity contribution in [1.82, 2.24) is 9.78 Å². The van der Waals surface area contributed by atoms with Crippen LogP contribution in [0.5, 0.6) is 0 Å². The maximum Gasteiger partial charge on any atom is 0.303 e. The van der Waals surface area contributed by atoms with Gasteiger partial charge in [0.2, 0.25) is 0 Å². The number of aliphatic carboxylic acids is 1. The number of carbonyl (C=O) groups is 1. The van der Waals surface area contributed by atoms with Gasteiger partial charge >= 0.3 is 5.97 Å².